The Morgan fingerprint density at radius 3 is 2.58 bits per heavy atom. The van der Waals surface area contributed by atoms with Gasteiger partial charge in [0.15, 0.2) is 6.10 Å². The van der Waals surface area contributed by atoms with Gasteiger partial charge in [-0.1, -0.05) is 18.6 Å². The fourth-order valence-electron chi connectivity index (χ4n) is 5.01. The van der Waals surface area contributed by atoms with E-state index in [1.165, 1.54) is 24.5 Å². The van der Waals surface area contributed by atoms with E-state index in [0.29, 0.717) is 6.42 Å². The summed E-state index contributed by atoms with van der Waals surface area (Å²) in [4.78, 5) is 17.3. The molecule has 0 aromatic heterocycles. The maximum atomic E-state index is 13.4. The third-order valence-electron chi connectivity index (χ3n) is 6.91. The Bertz CT molecular complexity index is 828. The van der Waals surface area contributed by atoms with Crippen LogP contribution in [0.4, 0.5) is 4.39 Å². The highest BCUT2D eigenvalue weighted by Crippen LogP contribution is 2.34. The van der Waals surface area contributed by atoms with E-state index in [1.54, 1.807) is 12.1 Å². The molecule has 1 aromatic rings. The van der Waals surface area contributed by atoms with E-state index in [-0.39, 0.29) is 17.5 Å². The number of likely N-dealkylation sites (N-methyl/N-ethyl adjacent to an activating group) is 1. The number of nitrogens with zero attached hydrogens (tertiary/aromatic N) is 2. The molecule has 3 aliphatic rings. The van der Waals surface area contributed by atoms with Gasteiger partial charge in [0.2, 0.25) is 5.78 Å². The van der Waals surface area contributed by atoms with E-state index < -0.39 is 12.2 Å². The molecule has 2 fully saturated rings. The molecule has 4 rings (SSSR count). The molecule has 2 aliphatic heterocycles. The average Bonchev–Trinajstić information content (AvgIpc) is 3.11. The Kier molecular flexibility index (Phi) is 7.20. The molecule has 1 saturated heterocycles. The monoisotopic (exact) mass is 428 g/mol. The van der Waals surface area contributed by atoms with Gasteiger partial charge in [-0.25, -0.2) is 4.39 Å². The normalized spacial score (nSPS) is 29.6. The standard InChI is InChI=1S/C25H33FN2O3/c1-27-11-13-28(14-12-27)17-19-4-2-3-5-21(24(19)30)22(25-23(29)10-15-31-25)16-18-6-8-20(26)9-7-18/h6-10,15,19,24-25,30H,2-5,11-14,16-17H2,1H3. The van der Waals surface area contributed by atoms with Crippen molar-refractivity contribution in [1.29, 1.82) is 0 Å². The summed E-state index contributed by atoms with van der Waals surface area (Å²) < 4.78 is 19.1. The van der Waals surface area contributed by atoms with E-state index in [9.17, 15) is 14.3 Å². The first-order valence-corrected chi connectivity index (χ1v) is 11.4. The van der Waals surface area contributed by atoms with Crippen molar-refractivity contribution in [1.82, 2.24) is 9.80 Å². The number of carbonyl (C=O) groups excluding carboxylic acids is 1. The van der Waals surface area contributed by atoms with Crippen LogP contribution < -0.4 is 0 Å². The quantitative estimate of drug-likeness (QED) is 0.577. The van der Waals surface area contributed by atoms with Gasteiger partial charge in [0, 0.05) is 44.7 Å². The minimum atomic E-state index is -0.683. The summed E-state index contributed by atoms with van der Waals surface area (Å²) in [7, 11) is 2.15. The molecular weight excluding hydrogens is 395 g/mol. The Labute approximate surface area is 184 Å². The Balaban J connectivity index is 1.60. The highest BCUT2D eigenvalue weighted by molar-refractivity contribution is 5.97. The maximum absolute atomic E-state index is 13.4. The summed E-state index contributed by atoms with van der Waals surface area (Å²) in [6.07, 6.45) is 5.93. The SMILES string of the molecule is CN1CCN(CC2CCCCC(=C(Cc3ccc(F)cc3)C3OC=CC3=O)C2O)CC1. The van der Waals surface area contributed by atoms with Crippen molar-refractivity contribution in [2.45, 2.75) is 44.3 Å². The van der Waals surface area contributed by atoms with Crippen LogP contribution in [0.15, 0.2) is 47.7 Å². The first-order chi connectivity index (χ1) is 15.0. The van der Waals surface area contributed by atoms with Crippen LogP contribution in [0.3, 0.4) is 0 Å². The van der Waals surface area contributed by atoms with Gasteiger partial charge in [0.05, 0.1) is 12.4 Å². The third-order valence-corrected chi connectivity index (χ3v) is 6.91. The maximum Gasteiger partial charge on any atom is 0.203 e. The second kappa shape index (κ2) is 10.1. The van der Waals surface area contributed by atoms with Crippen molar-refractivity contribution in [3.05, 3.63) is 59.1 Å². The lowest BCUT2D eigenvalue weighted by Gasteiger charge is -2.36. The molecule has 31 heavy (non-hydrogen) atoms. The predicted molar refractivity (Wildman–Crippen MR) is 118 cm³/mol. The molecule has 0 amide bonds. The van der Waals surface area contributed by atoms with Gasteiger partial charge in [0.1, 0.15) is 5.82 Å². The molecule has 3 atom stereocenters. The summed E-state index contributed by atoms with van der Waals surface area (Å²) in [6, 6.07) is 6.36. The zero-order valence-corrected chi connectivity index (χ0v) is 18.3. The van der Waals surface area contributed by atoms with Gasteiger partial charge in [-0.2, -0.15) is 0 Å². The van der Waals surface area contributed by atoms with Crippen LogP contribution in [0, 0.1) is 11.7 Å². The predicted octanol–water partition coefficient (Wildman–Crippen LogP) is 2.94. The molecule has 6 heteroatoms. The molecule has 0 spiro atoms. The third kappa shape index (κ3) is 5.43. The molecule has 0 bridgehead atoms. The molecule has 3 unspecified atom stereocenters. The number of aliphatic hydroxyl groups is 1. The van der Waals surface area contributed by atoms with Crippen LogP contribution in [0.25, 0.3) is 0 Å². The van der Waals surface area contributed by atoms with Crippen molar-refractivity contribution >= 4 is 5.78 Å². The number of ketones is 1. The van der Waals surface area contributed by atoms with Crippen LogP contribution in [-0.2, 0) is 16.0 Å². The lowest BCUT2D eigenvalue weighted by Crippen LogP contribution is -2.47. The van der Waals surface area contributed by atoms with Crippen molar-refractivity contribution in [2.75, 3.05) is 39.8 Å². The molecular formula is C25H33FN2O3. The molecule has 2 heterocycles. The van der Waals surface area contributed by atoms with Crippen LogP contribution in [0.1, 0.15) is 31.2 Å². The number of hydrogen-bond acceptors (Lipinski definition) is 5. The number of carbonyl (C=O) groups is 1. The first-order valence-electron chi connectivity index (χ1n) is 11.4. The number of aliphatic hydroxyl groups excluding tert-OH is 1. The number of hydrogen-bond donors (Lipinski definition) is 1. The summed E-state index contributed by atoms with van der Waals surface area (Å²) in [5.41, 5.74) is 2.71. The van der Waals surface area contributed by atoms with E-state index in [4.69, 9.17) is 4.74 Å². The number of ether oxygens (including phenoxy) is 1. The van der Waals surface area contributed by atoms with Gasteiger partial charge in [0.25, 0.3) is 0 Å². The highest BCUT2D eigenvalue weighted by Gasteiger charge is 2.35. The van der Waals surface area contributed by atoms with Gasteiger partial charge >= 0.3 is 0 Å². The molecule has 1 aliphatic carbocycles. The topological polar surface area (TPSA) is 53.0 Å². The van der Waals surface area contributed by atoms with Gasteiger partial charge < -0.3 is 19.6 Å². The fourth-order valence-corrected chi connectivity index (χ4v) is 5.01. The highest BCUT2D eigenvalue weighted by atomic mass is 19.1. The summed E-state index contributed by atoms with van der Waals surface area (Å²) in [5, 5.41) is 11.5. The number of halogens is 1. The second-order valence-electron chi connectivity index (χ2n) is 9.13. The molecule has 1 aromatic carbocycles. The minimum Gasteiger partial charge on any atom is -0.485 e. The summed E-state index contributed by atoms with van der Waals surface area (Å²) in [5.74, 6) is -0.222. The average molecular weight is 429 g/mol. The first kappa shape index (κ1) is 22.2. The lowest BCUT2D eigenvalue weighted by atomic mass is 9.85. The molecule has 0 radical (unpaired) electrons. The second-order valence-corrected chi connectivity index (χ2v) is 9.13. The largest absolute Gasteiger partial charge is 0.485 e. The van der Waals surface area contributed by atoms with Crippen LogP contribution in [0.5, 0.6) is 0 Å². The Morgan fingerprint density at radius 2 is 1.90 bits per heavy atom. The van der Waals surface area contributed by atoms with E-state index in [0.717, 1.165) is 75.1 Å². The van der Waals surface area contributed by atoms with E-state index >= 15 is 0 Å². The molecule has 1 saturated carbocycles. The van der Waals surface area contributed by atoms with Gasteiger partial charge in [-0.15, -0.1) is 0 Å². The summed E-state index contributed by atoms with van der Waals surface area (Å²) >= 11 is 0. The summed E-state index contributed by atoms with van der Waals surface area (Å²) in [6.45, 7) is 5.03. The Morgan fingerprint density at radius 1 is 1.16 bits per heavy atom. The van der Waals surface area contributed by atoms with Crippen molar-refractivity contribution in [2.24, 2.45) is 5.92 Å². The van der Waals surface area contributed by atoms with Crippen molar-refractivity contribution in [3.63, 3.8) is 0 Å². The van der Waals surface area contributed by atoms with Crippen LogP contribution in [-0.4, -0.2) is 72.7 Å². The van der Waals surface area contributed by atoms with Gasteiger partial charge in [-0.05, 0) is 61.6 Å². The number of rotatable bonds is 5. The lowest BCUT2D eigenvalue weighted by molar-refractivity contribution is -0.118. The minimum absolute atomic E-state index is 0.0864. The van der Waals surface area contributed by atoms with Crippen molar-refractivity contribution < 1.29 is 19.0 Å². The molecule has 1 N–H and O–H groups in total. The smallest absolute Gasteiger partial charge is 0.203 e. The van der Waals surface area contributed by atoms with E-state index in [1.807, 2.05) is 0 Å². The fraction of sp³-hybridized carbons (Fsp3) is 0.560. The zero-order valence-electron chi connectivity index (χ0n) is 18.3. The molecule has 5 nitrogen and oxygen atoms in total. The van der Waals surface area contributed by atoms with Crippen LogP contribution >= 0.6 is 0 Å². The van der Waals surface area contributed by atoms with Gasteiger partial charge in [-0.3, -0.25) is 4.79 Å². The number of piperazine rings is 1. The number of benzene rings is 1. The van der Waals surface area contributed by atoms with Crippen LogP contribution in [0.2, 0.25) is 0 Å². The van der Waals surface area contributed by atoms with E-state index in [2.05, 4.69) is 16.8 Å². The zero-order chi connectivity index (χ0) is 21.8. The molecule has 168 valence electrons. The Hall–Kier alpha value is -2.02. The van der Waals surface area contributed by atoms with Crippen molar-refractivity contribution in [3.8, 4) is 0 Å².